The Labute approximate surface area is 188 Å². The lowest BCUT2D eigenvalue weighted by molar-refractivity contribution is -0.130. The maximum absolute atomic E-state index is 12.8. The van der Waals surface area contributed by atoms with E-state index in [0.717, 1.165) is 53.0 Å². The van der Waals surface area contributed by atoms with Gasteiger partial charge < -0.3 is 14.5 Å². The molecule has 0 saturated carbocycles. The van der Waals surface area contributed by atoms with Crippen LogP contribution < -0.4 is 9.64 Å². The lowest BCUT2D eigenvalue weighted by Crippen LogP contribution is -2.49. The van der Waals surface area contributed by atoms with Crippen molar-refractivity contribution in [2.45, 2.75) is 34.1 Å². The van der Waals surface area contributed by atoms with Gasteiger partial charge in [0.1, 0.15) is 17.4 Å². The summed E-state index contributed by atoms with van der Waals surface area (Å²) in [5, 5.41) is 4.55. The third-order valence-corrected chi connectivity index (χ3v) is 5.81. The third kappa shape index (κ3) is 4.59. The summed E-state index contributed by atoms with van der Waals surface area (Å²) >= 11 is 0. The van der Waals surface area contributed by atoms with Crippen molar-refractivity contribution in [3.8, 4) is 11.6 Å². The lowest BCUT2D eigenvalue weighted by atomic mass is 10.1. The van der Waals surface area contributed by atoms with Gasteiger partial charge in [-0.3, -0.25) is 4.79 Å². The van der Waals surface area contributed by atoms with Gasteiger partial charge in [0.2, 0.25) is 5.91 Å². The first-order chi connectivity index (χ1) is 15.3. The van der Waals surface area contributed by atoms with Gasteiger partial charge in [0, 0.05) is 37.9 Å². The summed E-state index contributed by atoms with van der Waals surface area (Å²) < 4.78 is 7.16. The number of amides is 1. The molecule has 1 saturated heterocycles. The van der Waals surface area contributed by atoms with E-state index in [0.29, 0.717) is 25.3 Å². The van der Waals surface area contributed by atoms with E-state index in [2.05, 4.69) is 20.0 Å². The van der Waals surface area contributed by atoms with E-state index in [4.69, 9.17) is 4.74 Å². The summed E-state index contributed by atoms with van der Waals surface area (Å²) in [6.07, 6.45) is 0.402. The van der Waals surface area contributed by atoms with Crippen molar-refractivity contribution < 1.29 is 9.53 Å². The Hall–Kier alpha value is -3.42. The zero-order chi connectivity index (χ0) is 22.8. The monoisotopic (exact) mass is 434 g/mol. The van der Waals surface area contributed by atoms with Gasteiger partial charge in [-0.05, 0) is 51.0 Å². The van der Waals surface area contributed by atoms with Crippen LogP contribution in [0, 0.1) is 27.7 Å². The molecule has 0 N–H and O–H groups in total. The Morgan fingerprint density at radius 3 is 2.31 bits per heavy atom. The molecule has 1 amide bonds. The van der Waals surface area contributed by atoms with E-state index < -0.39 is 0 Å². The van der Waals surface area contributed by atoms with E-state index in [1.165, 1.54) is 0 Å². The minimum atomic E-state index is 0.149. The second-order valence-electron chi connectivity index (χ2n) is 8.32. The molecule has 0 aliphatic carbocycles. The van der Waals surface area contributed by atoms with Gasteiger partial charge in [-0.1, -0.05) is 12.1 Å². The maximum Gasteiger partial charge on any atom is 0.227 e. The van der Waals surface area contributed by atoms with Crippen molar-refractivity contribution >= 4 is 11.7 Å². The number of ether oxygens (including phenoxy) is 1. The van der Waals surface area contributed by atoms with Crippen molar-refractivity contribution in [2.24, 2.45) is 0 Å². The number of rotatable bonds is 5. The Morgan fingerprint density at radius 2 is 1.69 bits per heavy atom. The summed E-state index contributed by atoms with van der Waals surface area (Å²) in [5.41, 5.74) is 4.05. The van der Waals surface area contributed by atoms with Crippen molar-refractivity contribution in [1.82, 2.24) is 24.6 Å². The van der Waals surface area contributed by atoms with Crippen LogP contribution in [-0.4, -0.2) is 63.8 Å². The zero-order valence-corrected chi connectivity index (χ0v) is 19.4. The summed E-state index contributed by atoms with van der Waals surface area (Å²) in [6.45, 7) is 10.7. The van der Waals surface area contributed by atoms with E-state index >= 15 is 0 Å². The molecule has 0 spiro atoms. The number of hydrogen-bond donors (Lipinski definition) is 0. The minimum Gasteiger partial charge on any atom is -0.496 e. The zero-order valence-electron chi connectivity index (χ0n) is 19.4. The SMILES string of the molecule is COc1ccc(CC(=O)N2CCN(c3cc(-n4nc(C)cc4C)nc(C)n3)CC2)cc1C. The van der Waals surface area contributed by atoms with Crippen LogP contribution in [-0.2, 0) is 11.2 Å². The van der Waals surface area contributed by atoms with Crippen LogP contribution in [0.3, 0.4) is 0 Å². The highest BCUT2D eigenvalue weighted by molar-refractivity contribution is 5.79. The molecular formula is C24H30N6O2. The first kappa shape index (κ1) is 21.8. The number of carbonyl (C=O) groups is 1. The highest BCUT2D eigenvalue weighted by Gasteiger charge is 2.23. The predicted octanol–water partition coefficient (Wildman–Crippen LogP) is 2.80. The van der Waals surface area contributed by atoms with Crippen LogP contribution in [0.5, 0.6) is 5.75 Å². The van der Waals surface area contributed by atoms with Crippen LogP contribution >= 0.6 is 0 Å². The van der Waals surface area contributed by atoms with Crippen molar-refractivity contribution in [1.29, 1.82) is 0 Å². The highest BCUT2D eigenvalue weighted by Crippen LogP contribution is 2.21. The number of aryl methyl sites for hydroxylation is 4. The molecule has 8 heteroatoms. The standard InChI is InChI=1S/C24H30N6O2/c1-16-12-20(6-7-21(16)32-5)14-24(31)29-10-8-28(9-11-29)22-15-23(26-19(4)25-22)30-18(3)13-17(2)27-30/h6-7,12-13,15H,8-11,14H2,1-5H3. The summed E-state index contributed by atoms with van der Waals surface area (Å²) in [7, 11) is 1.66. The first-order valence-corrected chi connectivity index (χ1v) is 10.9. The Balaban J connectivity index is 1.42. The van der Waals surface area contributed by atoms with Crippen LogP contribution in [0.15, 0.2) is 30.3 Å². The molecule has 32 heavy (non-hydrogen) atoms. The smallest absolute Gasteiger partial charge is 0.227 e. The number of carbonyl (C=O) groups excluding carboxylic acids is 1. The number of methoxy groups -OCH3 is 1. The van der Waals surface area contributed by atoms with Crippen LogP contribution in [0.2, 0.25) is 0 Å². The molecule has 0 bridgehead atoms. The summed E-state index contributed by atoms with van der Waals surface area (Å²) in [4.78, 5) is 26.2. The highest BCUT2D eigenvalue weighted by atomic mass is 16.5. The average Bonchev–Trinajstić information content (AvgIpc) is 3.11. The molecule has 0 unspecified atom stereocenters. The van der Waals surface area contributed by atoms with Gasteiger partial charge in [0.05, 0.1) is 19.2 Å². The van der Waals surface area contributed by atoms with Gasteiger partial charge in [0.15, 0.2) is 5.82 Å². The fraction of sp³-hybridized carbons (Fsp3) is 0.417. The fourth-order valence-electron chi connectivity index (χ4n) is 4.19. The van der Waals surface area contributed by atoms with Crippen LogP contribution in [0.4, 0.5) is 5.82 Å². The molecule has 8 nitrogen and oxygen atoms in total. The number of aromatic nitrogens is 4. The van der Waals surface area contributed by atoms with Crippen LogP contribution in [0.1, 0.15) is 28.3 Å². The van der Waals surface area contributed by atoms with E-state index in [-0.39, 0.29) is 5.91 Å². The molecule has 3 heterocycles. The number of hydrogen-bond acceptors (Lipinski definition) is 6. The lowest BCUT2D eigenvalue weighted by Gasteiger charge is -2.35. The van der Waals surface area contributed by atoms with Gasteiger partial charge in [-0.2, -0.15) is 5.10 Å². The van der Waals surface area contributed by atoms with Crippen molar-refractivity contribution in [3.05, 3.63) is 58.7 Å². The van der Waals surface area contributed by atoms with Gasteiger partial charge in [-0.25, -0.2) is 14.6 Å². The second kappa shape index (κ2) is 8.98. The first-order valence-electron chi connectivity index (χ1n) is 10.9. The predicted molar refractivity (Wildman–Crippen MR) is 124 cm³/mol. The molecule has 1 aliphatic heterocycles. The van der Waals surface area contributed by atoms with Crippen LogP contribution in [0.25, 0.3) is 5.82 Å². The fourth-order valence-corrected chi connectivity index (χ4v) is 4.19. The quantitative estimate of drug-likeness (QED) is 0.615. The van der Waals surface area contributed by atoms with E-state index in [1.807, 2.05) is 67.6 Å². The van der Waals surface area contributed by atoms with Crippen molar-refractivity contribution in [2.75, 3.05) is 38.2 Å². The molecule has 4 rings (SSSR count). The normalized spacial score (nSPS) is 14.0. The van der Waals surface area contributed by atoms with E-state index in [9.17, 15) is 4.79 Å². The number of benzene rings is 1. The summed E-state index contributed by atoms with van der Waals surface area (Å²) in [6, 6.07) is 9.92. The molecule has 3 aromatic rings. The molecular weight excluding hydrogens is 404 g/mol. The van der Waals surface area contributed by atoms with Gasteiger partial charge in [0.25, 0.3) is 0 Å². The molecule has 2 aromatic heterocycles. The third-order valence-electron chi connectivity index (χ3n) is 5.81. The Morgan fingerprint density at radius 1 is 0.969 bits per heavy atom. The van der Waals surface area contributed by atoms with E-state index in [1.54, 1.807) is 7.11 Å². The second-order valence-corrected chi connectivity index (χ2v) is 8.32. The van der Waals surface area contributed by atoms with Gasteiger partial charge >= 0.3 is 0 Å². The molecule has 168 valence electrons. The Kier molecular flexibility index (Phi) is 6.12. The average molecular weight is 435 g/mol. The topological polar surface area (TPSA) is 76.4 Å². The number of piperazine rings is 1. The van der Waals surface area contributed by atoms with Crippen molar-refractivity contribution in [3.63, 3.8) is 0 Å². The molecule has 0 radical (unpaired) electrons. The van der Waals surface area contributed by atoms with Gasteiger partial charge in [-0.15, -0.1) is 0 Å². The summed E-state index contributed by atoms with van der Waals surface area (Å²) in [5.74, 6) is 3.34. The Bertz CT molecular complexity index is 1130. The largest absolute Gasteiger partial charge is 0.496 e. The molecule has 1 aromatic carbocycles. The maximum atomic E-state index is 12.8. The number of anilines is 1. The minimum absolute atomic E-state index is 0.149. The molecule has 0 atom stereocenters. The molecule has 1 fully saturated rings. The number of nitrogens with zero attached hydrogens (tertiary/aromatic N) is 6. The molecule has 1 aliphatic rings.